The number of methoxy groups -OCH3 is 1. The summed E-state index contributed by atoms with van der Waals surface area (Å²) in [4.78, 5) is 38.2. The van der Waals surface area contributed by atoms with Gasteiger partial charge < -0.3 is 4.74 Å². The molecule has 32 heavy (non-hydrogen) atoms. The van der Waals surface area contributed by atoms with Gasteiger partial charge in [0.2, 0.25) is 5.82 Å². The SMILES string of the molecule is COC(=O)[C@H](Cc1ccc(-n2nnc(-c3cc(F)cc(F)c3)n2)cc1)N1C(=O)C=CC1=O. The van der Waals surface area contributed by atoms with Crippen molar-refractivity contribution in [2.45, 2.75) is 12.5 Å². The number of ether oxygens (including phenoxy) is 1. The molecule has 1 aliphatic heterocycles. The maximum absolute atomic E-state index is 13.4. The van der Waals surface area contributed by atoms with Gasteiger partial charge in [0.15, 0.2) is 0 Å². The molecule has 3 aromatic rings. The number of tetrazole rings is 1. The van der Waals surface area contributed by atoms with Crippen LogP contribution in [-0.2, 0) is 25.5 Å². The fourth-order valence-corrected chi connectivity index (χ4v) is 3.25. The molecule has 0 radical (unpaired) electrons. The third-order valence-electron chi connectivity index (χ3n) is 4.76. The Morgan fingerprint density at radius 2 is 1.66 bits per heavy atom. The Labute approximate surface area is 179 Å². The van der Waals surface area contributed by atoms with Gasteiger partial charge >= 0.3 is 5.97 Å². The number of esters is 1. The van der Waals surface area contributed by atoms with Crippen LogP contribution in [0.5, 0.6) is 0 Å². The maximum Gasteiger partial charge on any atom is 0.329 e. The topological polar surface area (TPSA) is 107 Å². The number of benzene rings is 2. The van der Waals surface area contributed by atoms with E-state index in [2.05, 4.69) is 15.4 Å². The summed E-state index contributed by atoms with van der Waals surface area (Å²) in [6.45, 7) is 0. The summed E-state index contributed by atoms with van der Waals surface area (Å²) < 4.78 is 31.6. The van der Waals surface area contributed by atoms with Crippen LogP contribution >= 0.6 is 0 Å². The number of aromatic nitrogens is 4. The van der Waals surface area contributed by atoms with Crippen LogP contribution < -0.4 is 0 Å². The zero-order valence-corrected chi connectivity index (χ0v) is 16.6. The smallest absolute Gasteiger partial charge is 0.329 e. The minimum Gasteiger partial charge on any atom is -0.467 e. The van der Waals surface area contributed by atoms with E-state index in [0.717, 1.165) is 35.3 Å². The van der Waals surface area contributed by atoms with E-state index < -0.39 is 35.5 Å². The Morgan fingerprint density at radius 3 is 2.25 bits per heavy atom. The van der Waals surface area contributed by atoms with E-state index in [1.54, 1.807) is 24.3 Å². The Hall–Kier alpha value is -4.28. The summed E-state index contributed by atoms with van der Waals surface area (Å²) >= 11 is 0. The summed E-state index contributed by atoms with van der Waals surface area (Å²) in [5, 5.41) is 11.8. The van der Waals surface area contributed by atoms with Gasteiger partial charge in [-0.05, 0) is 35.0 Å². The lowest BCUT2D eigenvalue weighted by Crippen LogP contribution is -2.46. The summed E-state index contributed by atoms with van der Waals surface area (Å²) in [6, 6.07) is 8.41. The molecule has 2 heterocycles. The number of carbonyl (C=O) groups is 3. The Kier molecular flexibility index (Phi) is 5.54. The first-order chi connectivity index (χ1) is 15.4. The number of carbonyl (C=O) groups excluding carboxylic acids is 3. The summed E-state index contributed by atoms with van der Waals surface area (Å²) in [6.07, 6.45) is 2.24. The van der Waals surface area contributed by atoms with Gasteiger partial charge in [0.1, 0.15) is 17.7 Å². The van der Waals surface area contributed by atoms with Crippen molar-refractivity contribution in [3.8, 4) is 17.1 Å². The molecule has 2 amide bonds. The van der Waals surface area contributed by atoms with Crippen molar-refractivity contribution in [2.24, 2.45) is 0 Å². The van der Waals surface area contributed by atoms with Gasteiger partial charge in [-0.2, -0.15) is 0 Å². The highest BCUT2D eigenvalue weighted by molar-refractivity contribution is 6.14. The zero-order chi connectivity index (χ0) is 22.8. The Bertz CT molecular complexity index is 1200. The summed E-state index contributed by atoms with van der Waals surface area (Å²) in [5.41, 5.74) is 1.28. The molecule has 1 atom stereocenters. The lowest BCUT2D eigenvalue weighted by molar-refractivity contribution is -0.155. The van der Waals surface area contributed by atoms with Crippen molar-refractivity contribution in [2.75, 3.05) is 7.11 Å². The van der Waals surface area contributed by atoms with Crippen molar-refractivity contribution in [1.29, 1.82) is 0 Å². The number of nitrogens with zero attached hydrogens (tertiary/aromatic N) is 5. The van der Waals surface area contributed by atoms with E-state index in [0.29, 0.717) is 11.3 Å². The van der Waals surface area contributed by atoms with E-state index in [1.165, 1.54) is 11.9 Å². The van der Waals surface area contributed by atoms with Crippen LogP contribution in [0.25, 0.3) is 17.1 Å². The summed E-state index contributed by atoms with van der Waals surface area (Å²) in [5.74, 6) is -3.37. The van der Waals surface area contributed by atoms with Gasteiger partial charge in [0.05, 0.1) is 12.8 Å². The van der Waals surface area contributed by atoms with Crippen LogP contribution in [0.2, 0.25) is 0 Å². The molecule has 0 unspecified atom stereocenters. The number of rotatable bonds is 6. The largest absolute Gasteiger partial charge is 0.467 e. The van der Waals surface area contributed by atoms with Crippen molar-refractivity contribution in [3.05, 3.63) is 71.8 Å². The molecule has 0 N–H and O–H groups in total. The molecule has 1 aromatic heterocycles. The van der Waals surface area contributed by atoms with Gasteiger partial charge in [-0.1, -0.05) is 12.1 Å². The second kappa shape index (κ2) is 8.46. The zero-order valence-electron chi connectivity index (χ0n) is 16.6. The average Bonchev–Trinajstić information content (AvgIpc) is 3.38. The minimum atomic E-state index is -1.11. The van der Waals surface area contributed by atoms with Gasteiger partial charge in [-0.3, -0.25) is 14.5 Å². The molecule has 0 bridgehead atoms. The predicted molar refractivity (Wildman–Crippen MR) is 105 cm³/mol. The van der Waals surface area contributed by atoms with Crippen LogP contribution in [0.4, 0.5) is 8.78 Å². The fraction of sp³-hybridized carbons (Fsp3) is 0.143. The molecule has 0 spiro atoms. The Balaban J connectivity index is 1.54. The lowest BCUT2D eigenvalue weighted by Gasteiger charge is -2.23. The third kappa shape index (κ3) is 4.13. The number of imide groups is 1. The molecule has 4 rings (SSSR count). The number of hydrogen-bond donors (Lipinski definition) is 0. The van der Waals surface area contributed by atoms with Crippen molar-refractivity contribution in [3.63, 3.8) is 0 Å². The monoisotopic (exact) mass is 439 g/mol. The van der Waals surface area contributed by atoms with Crippen LogP contribution in [0.15, 0.2) is 54.6 Å². The van der Waals surface area contributed by atoms with Gasteiger partial charge in [0, 0.05) is 30.2 Å². The van der Waals surface area contributed by atoms with Gasteiger partial charge in [0.25, 0.3) is 11.8 Å². The van der Waals surface area contributed by atoms with E-state index in [1.807, 2.05) is 0 Å². The molecule has 0 saturated carbocycles. The molecule has 0 saturated heterocycles. The molecule has 0 aliphatic carbocycles. The standard InChI is InChI=1S/C21H15F2N5O4/c1-32-21(31)17(27-18(29)6-7-19(27)30)8-12-2-4-16(5-3-12)28-25-20(24-26-28)13-9-14(22)11-15(23)10-13/h2-7,9-11,17H,8H2,1H3/t17-/m0/s1. The maximum atomic E-state index is 13.4. The molecule has 0 fully saturated rings. The van der Waals surface area contributed by atoms with Crippen LogP contribution in [0, 0.1) is 11.6 Å². The lowest BCUT2D eigenvalue weighted by atomic mass is 10.0. The predicted octanol–water partition coefficient (Wildman–Crippen LogP) is 1.62. The van der Waals surface area contributed by atoms with Gasteiger partial charge in [-0.25, -0.2) is 13.6 Å². The first-order valence-electron chi connectivity index (χ1n) is 9.34. The summed E-state index contributed by atoms with van der Waals surface area (Å²) in [7, 11) is 1.18. The van der Waals surface area contributed by atoms with Crippen molar-refractivity contribution in [1.82, 2.24) is 25.1 Å². The van der Waals surface area contributed by atoms with Crippen molar-refractivity contribution >= 4 is 17.8 Å². The number of halogens is 2. The molecule has 1 aliphatic rings. The van der Waals surface area contributed by atoms with Gasteiger partial charge in [-0.15, -0.1) is 15.0 Å². The van der Waals surface area contributed by atoms with Crippen LogP contribution in [0.1, 0.15) is 5.56 Å². The molecule has 11 heteroatoms. The second-order valence-corrected chi connectivity index (χ2v) is 6.85. The molecule has 162 valence electrons. The van der Waals surface area contributed by atoms with E-state index in [9.17, 15) is 23.2 Å². The van der Waals surface area contributed by atoms with Crippen molar-refractivity contribution < 1.29 is 27.9 Å². The molecular formula is C21H15F2N5O4. The molecule has 9 nitrogen and oxygen atoms in total. The Morgan fingerprint density at radius 1 is 1.03 bits per heavy atom. The fourth-order valence-electron chi connectivity index (χ4n) is 3.25. The van der Waals surface area contributed by atoms with E-state index >= 15 is 0 Å². The van der Waals surface area contributed by atoms with E-state index in [4.69, 9.17) is 4.74 Å². The second-order valence-electron chi connectivity index (χ2n) is 6.85. The minimum absolute atomic E-state index is 0.0387. The number of amides is 2. The van der Waals surface area contributed by atoms with Crippen LogP contribution in [-0.4, -0.2) is 56.0 Å². The quantitative estimate of drug-likeness (QED) is 0.424. The average molecular weight is 439 g/mol. The highest BCUT2D eigenvalue weighted by Crippen LogP contribution is 2.19. The normalized spacial score (nSPS) is 14.2. The molecule has 2 aromatic carbocycles. The molecular weight excluding hydrogens is 424 g/mol. The number of hydrogen-bond acceptors (Lipinski definition) is 7. The highest BCUT2D eigenvalue weighted by atomic mass is 19.1. The first-order valence-corrected chi connectivity index (χ1v) is 9.34. The van der Waals surface area contributed by atoms with E-state index in [-0.39, 0.29) is 17.8 Å². The third-order valence-corrected chi connectivity index (χ3v) is 4.76. The highest BCUT2D eigenvalue weighted by Gasteiger charge is 2.36. The first kappa shape index (κ1) is 21.0. The van der Waals surface area contributed by atoms with Crippen LogP contribution in [0.3, 0.4) is 0 Å².